The summed E-state index contributed by atoms with van der Waals surface area (Å²) in [4.78, 5) is 11.3. The second-order valence-electron chi connectivity index (χ2n) is 2.88. The molecule has 94 valence electrons. The molecule has 0 saturated carbocycles. The van der Waals surface area contributed by atoms with E-state index in [1.165, 1.54) is 12.1 Å². The van der Waals surface area contributed by atoms with Gasteiger partial charge in [-0.3, -0.25) is 0 Å². The molecule has 0 spiro atoms. The topological polar surface area (TPSA) is 44.8 Å². The molecule has 7 heteroatoms. The van der Waals surface area contributed by atoms with E-state index in [0.29, 0.717) is 0 Å². The van der Waals surface area contributed by atoms with Gasteiger partial charge >= 0.3 is 12.3 Å². The normalized spacial score (nSPS) is 10.9. The zero-order valence-electron chi connectivity index (χ0n) is 9.00. The lowest BCUT2D eigenvalue weighted by atomic mass is 10.2. The highest BCUT2D eigenvalue weighted by Crippen LogP contribution is 2.35. The van der Waals surface area contributed by atoms with Gasteiger partial charge in [-0.25, -0.2) is 4.79 Å². The van der Waals surface area contributed by atoms with Gasteiger partial charge in [0, 0.05) is 0 Å². The fourth-order valence-electron chi connectivity index (χ4n) is 1.20. The number of carbonyl (C=O) groups excluding carboxylic acids is 1. The first-order chi connectivity index (χ1) is 7.89. The molecule has 1 aromatic carbocycles. The van der Waals surface area contributed by atoms with Gasteiger partial charge in [0.2, 0.25) is 0 Å². The highest BCUT2D eigenvalue weighted by molar-refractivity contribution is 5.93. The molecule has 0 aromatic heterocycles. The van der Waals surface area contributed by atoms with Crippen LogP contribution in [0.3, 0.4) is 0 Å². The highest BCUT2D eigenvalue weighted by Gasteiger charge is 2.33. The van der Waals surface area contributed by atoms with Crippen molar-refractivity contribution in [3.63, 3.8) is 0 Å². The van der Waals surface area contributed by atoms with Crippen molar-refractivity contribution < 1.29 is 32.2 Å². The summed E-state index contributed by atoms with van der Waals surface area (Å²) >= 11 is 0. The number of hydrogen-bond donors (Lipinski definition) is 0. The zero-order chi connectivity index (χ0) is 13.1. The molecular formula is C10H9F3O4. The van der Waals surface area contributed by atoms with Gasteiger partial charge in [-0.15, -0.1) is 13.2 Å². The number of hydrogen-bond acceptors (Lipinski definition) is 4. The summed E-state index contributed by atoms with van der Waals surface area (Å²) in [5.41, 5.74) is -0.142. The van der Waals surface area contributed by atoms with E-state index in [0.717, 1.165) is 20.3 Å². The molecule has 0 unspecified atom stereocenters. The highest BCUT2D eigenvalue weighted by atomic mass is 19.4. The molecule has 0 aliphatic heterocycles. The first-order valence-electron chi connectivity index (χ1n) is 4.40. The predicted molar refractivity (Wildman–Crippen MR) is 51.0 cm³/mol. The number of rotatable bonds is 3. The van der Waals surface area contributed by atoms with Crippen molar-refractivity contribution in [2.75, 3.05) is 14.2 Å². The van der Waals surface area contributed by atoms with Crippen LogP contribution >= 0.6 is 0 Å². The molecule has 0 aliphatic carbocycles. The summed E-state index contributed by atoms with van der Waals surface area (Å²) in [6, 6.07) is 3.54. The lowest BCUT2D eigenvalue weighted by Gasteiger charge is -2.14. The molecule has 0 atom stereocenters. The van der Waals surface area contributed by atoms with Crippen molar-refractivity contribution in [1.82, 2.24) is 0 Å². The molecule has 1 rings (SSSR count). The number of halogens is 3. The largest absolute Gasteiger partial charge is 0.573 e. The molecule has 4 nitrogen and oxygen atoms in total. The van der Waals surface area contributed by atoms with Gasteiger partial charge in [0.15, 0.2) is 11.5 Å². The van der Waals surface area contributed by atoms with E-state index in [1.54, 1.807) is 0 Å². The van der Waals surface area contributed by atoms with Crippen LogP contribution in [0.25, 0.3) is 0 Å². The van der Waals surface area contributed by atoms with Crippen LogP contribution in [-0.2, 0) is 4.74 Å². The van der Waals surface area contributed by atoms with Crippen LogP contribution in [0.5, 0.6) is 11.5 Å². The summed E-state index contributed by atoms with van der Waals surface area (Å²) in [5.74, 6) is -1.73. The number of carbonyl (C=O) groups is 1. The minimum Gasteiger partial charge on any atom is -0.492 e. The van der Waals surface area contributed by atoms with Crippen LogP contribution in [0.15, 0.2) is 18.2 Å². The fourth-order valence-corrected chi connectivity index (χ4v) is 1.20. The van der Waals surface area contributed by atoms with E-state index in [1.807, 2.05) is 0 Å². The molecular weight excluding hydrogens is 241 g/mol. The molecule has 0 bridgehead atoms. The Morgan fingerprint density at radius 1 is 1.24 bits per heavy atom. The smallest absolute Gasteiger partial charge is 0.492 e. The average molecular weight is 250 g/mol. The average Bonchev–Trinajstić information content (AvgIpc) is 2.25. The Morgan fingerprint density at radius 2 is 1.88 bits per heavy atom. The Kier molecular flexibility index (Phi) is 3.82. The minimum absolute atomic E-state index is 0.142. The van der Waals surface area contributed by atoms with Gasteiger partial charge in [0.05, 0.1) is 14.2 Å². The quantitative estimate of drug-likeness (QED) is 0.772. The van der Waals surface area contributed by atoms with Gasteiger partial charge in [0.1, 0.15) is 5.56 Å². The molecule has 0 aliphatic rings. The Bertz CT molecular complexity index is 415. The second kappa shape index (κ2) is 4.94. The predicted octanol–water partition coefficient (Wildman–Crippen LogP) is 2.38. The molecule has 0 N–H and O–H groups in total. The van der Waals surface area contributed by atoms with Crippen LogP contribution in [0.2, 0.25) is 0 Å². The number of benzene rings is 1. The Labute approximate surface area is 94.9 Å². The monoisotopic (exact) mass is 250 g/mol. The first-order valence-corrected chi connectivity index (χ1v) is 4.40. The van der Waals surface area contributed by atoms with E-state index >= 15 is 0 Å². The third kappa shape index (κ3) is 3.27. The Morgan fingerprint density at radius 3 is 2.35 bits per heavy atom. The SMILES string of the molecule is COC(=O)c1cccc(OC(F)(F)F)c1OC. The van der Waals surface area contributed by atoms with Gasteiger partial charge < -0.3 is 14.2 Å². The van der Waals surface area contributed by atoms with E-state index in [-0.39, 0.29) is 11.3 Å². The lowest BCUT2D eigenvalue weighted by molar-refractivity contribution is -0.275. The van der Waals surface area contributed by atoms with Crippen molar-refractivity contribution >= 4 is 5.97 Å². The summed E-state index contributed by atoms with van der Waals surface area (Å²) in [6.45, 7) is 0. The van der Waals surface area contributed by atoms with Crippen LogP contribution in [0.4, 0.5) is 13.2 Å². The molecule has 0 amide bonds. The third-order valence-corrected chi connectivity index (χ3v) is 1.81. The van der Waals surface area contributed by atoms with E-state index in [4.69, 9.17) is 4.74 Å². The van der Waals surface area contributed by atoms with Crippen LogP contribution in [0.1, 0.15) is 10.4 Å². The number of alkyl halides is 3. The molecule has 0 fully saturated rings. The van der Waals surface area contributed by atoms with Crippen molar-refractivity contribution in [3.8, 4) is 11.5 Å². The van der Waals surface area contributed by atoms with Crippen LogP contribution in [0, 0.1) is 0 Å². The standard InChI is InChI=1S/C10H9F3O4/c1-15-8-6(9(14)16-2)4-3-5-7(8)17-10(11,12)13/h3-5H,1-2H3. The molecule has 1 aromatic rings. The van der Waals surface area contributed by atoms with E-state index < -0.39 is 18.1 Å². The summed E-state index contributed by atoms with van der Waals surface area (Å²) in [5, 5.41) is 0. The van der Waals surface area contributed by atoms with E-state index in [2.05, 4.69) is 9.47 Å². The lowest BCUT2D eigenvalue weighted by Crippen LogP contribution is -2.18. The Hall–Kier alpha value is -1.92. The van der Waals surface area contributed by atoms with E-state index in [9.17, 15) is 18.0 Å². The van der Waals surface area contributed by atoms with Crippen molar-refractivity contribution in [3.05, 3.63) is 23.8 Å². The summed E-state index contributed by atoms with van der Waals surface area (Å²) in [6.07, 6.45) is -4.86. The molecule has 0 heterocycles. The maximum absolute atomic E-state index is 12.1. The summed E-state index contributed by atoms with van der Waals surface area (Å²) < 4.78 is 49.1. The van der Waals surface area contributed by atoms with Gasteiger partial charge in [-0.2, -0.15) is 0 Å². The number of esters is 1. The number of methoxy groups -OCH3 is 2. The fraction of sp³-hybridized carbons (Fsp3) is 0.300. The maximum Gasteiger partial charge on any atom is 0.573 e. The number of para-hydroxylation sites is 1. The third-order valence-electron chi connectivity index (χ3n) is 1.81. The number of ether oxygens (including phenoxy) is 3. The molecule has 0 radical (unpaired) electrons. The van der Waals surface area contributed by atoms with Crippen LogP contribution in [-0.4, -0.2) is 26.6 Å². The maximum atomic E-state index is 12.1. The minimum atomic E-state index is -4.86. The Balaban J connectivity index is 3.19. The first kappa shape index (κ1) is 13.1. The van der Waals surface area contributed by atoms with Crippen molar-refractivity contribution in [2.24, 2.45) is 0 Å². The van der Waals surface area contributed by atoms with Crippen molar-refractivity contribution in [2.45, 2.75) is 6.36 Å². The van der Waals surface area contributed by atoms with Crippen LogP contribution < -0.4 is 9.47 Å². The zero-order valence-corrected chi connectivity index (χ0v) is 9.00. The van der Waals surface area contributed by atoms with Gasteiger partial charge in [-0.05, 0) is 12.1 Å². The second-order valence-corrected chi connectivity index (χ2v) is 2.88. The van der Waals surface area contributed by atoms with Gasteiger partial charge in [-0.1, -0.05) is 6.07 Å². The molecule has 17 heavy (non-hydrogen) atoms. The summed E-state index contributed by atoms with van der Waals surface area (Å²) in [7, 11) is 2.24. The van der Waals surface area contributed by atoms with Crippen molar-refractivity contribution in [1.29, 1.82) is 0 Å². The molecule has 0 saturated heterocycles. The van der Waals surface area contributed by atoms with Gasteiger partial charge in [0.25, 0.3) is 0 Å².